The lowest BCUT2D eigenvalue weighted by molar-refractivity contribution is -0.182. The van der Waals surface area contributed by atoms with Crippen LogP contribution in [0.2, 0.25) is 5.02 Å². The number of rotatable bonds is 13. The topological polar surface area (TPSA) is 117 Å². The molecule has 9 heteroatoms. The molecular formula is C27H35ClN2O6. The Morgan fingerprint density at radius 2 is 1.50 bits per heavy atom. The van der Waals surface area contributed by atoms with Crippen LogP contribution in [0.15, 0.2) is 48.5 Å². The van der Waals surface area contributed by atoms with Crippen molar-refractivity contribution in [3.05, 3.63) is 64.7 Å². The summed E-state index contributed by atoms with van der Waals surface area (Å²) in [5.74, 6) is -0.852. The molecule has 0 spiro atoms. The average molecular weight is 519 g/mol. The molecule has 0 aromatic heterocycles. The molecule has 3 N–H and O–H groups in total. The van der Waals surface area contributed by atoms with E-state index in [-0.39, 0.29) is 12.5 Å². The van der Waals surface area contributed by atoms with Crippen LogP contribution in [0.4, 0.5) is 0 Å². The van der Waals surface area contributed by atoms with E-state index in [9.17, 15) is 14.4 Å². The third kappa shape index (κ3) is 7.96. The maximum atomic E-state index is 12.5. The smallest absolute Gasteiger partial charge is 0.352 e. The molecule has 0 aliphatic rings. The number of nitrogens with two attached hydrogens (primary N) is 1. The van der Waals surface area contributed by atoms with Gasteiger partial charge in [0.1, 0.15) is 5.75 Å². The Balaban J connectivity index is 1.81. The van der Waals surface area contributed by atoms with E-state index in [4.69, 9.17) is 31.5 Å². The van der Waals surface area contributed by atoms with Gasteiger partial charge in [-0.15, -0.1) is 0 Å². The first-order valence-electron chi connectivity index (χ1n) is 11.9. The van der Waals surface area contributed by atoms with Crippen molar-refractivity contribution in [3.8, 4) is 5.75 Å². The van der Waals surface area contributed by atoms with Crippen molar-refractivity contribution >= 4 is 29.4 Å². The zero-order chi connectivity index (χ0) is 26.8. The van der Waals surface area contributed by atoms with Crippen LogP contribution in [0.3, 0.4) is 0 Å². The first kappa shape index (κ1) is 29.1. The van der Waals surface area contributed by atoms with Gasteiger partial charge in [0.05, 0.1) is 5.41 Å². The van der Waals surface area contributed by atoms with Crippen LogP contribution >= 0.6 is 11.6 Å². The number of nitrogens with one attached hydrogen (secondary N) is 1. The molecule has 2 rings (SSSR count). The van der Waals surface area contributed by atoms with Crippen molar-refractivity contribution in [2.75, 3.05) is 19.9 Å². The number of amides is 1. The van der Waals surface area contributed by atoms with Crippen LogP contribution in [-0.2, 0) is 25.5 Å². The second kappa shape index (κ2) is 13.3. The molecule has 0 heterocycles. The standard InChI is InChI=1S/C27H35ClN2O6/c1-5-27(6-2,17-29)25(33)35-18-34-24(32)26(3,4)36-22-13-7-19(8-14-22)15-16-30-23(31)20-9-11-21(28)12-10-20/h7-14H,5-6,15-18,29H2,1-4H3,(H,30,31). The Bertz CT molecular complexity index is 1010. The van der Waals surface area contributed by atoms with E-state index in [0.29, 0.717) is 42.1 Å². The summed E-state index contributed by atoms with van der Waals surface area (Å²) in [4.78, 5) is 37.0. The molecule has 0 radical (unpaired) electrons. The number of ether oxygens (including phenoxy) is 3. The largest absolute Gasteiger partial charge is 0.476 e. The molecule has 0 atom stereocenters. The summed E-state index contributed by atoms with van der Waals surface area (Å²) in [7, 11) is 0. The fourth-order valence-electron chi connectivity index (χ4n) is 3.46. The summed E-state index contributed by atoms with van der Waals surface area (Å²) in [5.41, 5.74) is 5.19. The number of esters is 2. The minimum Gasteiger partial charge on any atom is -0.476 e. The van der Waals surface area contributed by atoms with Gasteiger partial charge >= 0.3 is 11.9 Å². The fourth-order valence-corrected chi connectivity index (χ4v) is 3.58. The molecule has 0 saturated carbocycles. The lowest BCUT2D eigenvalue weighted by atomic mass is 9.82. The minimum absolute atomic E-state index is 0.159. The van der Waals surface area contributed by atoms with Crippen LogP contribution < -0.4 is 15.8 Å². The second-order valence-electron chi connectivity index (χ2n) is 8.94. The van der Waals surface area contributed by atoms with Crippen molar-refractivity contribution < 1.29 is 28.6 Å². The highest BCUT2D eigenvalue weighted by atomic mass is 35.5. The summed E-state index contributed by atoms with van der Waals surface area (Å²) < 4.78 is 16.1. The summed E-state index contributed by atoms with van der Waals surface area (Å²) in [6, 6.07) is 13.9. The highest BCUT2D eigenvalue weighted by molar-refractivity contribution is 6.30. The minimum atomic E-state index is -1.30. The van der Waals surface area contributed by atoms with E-state index in [0.717, 1.165) is 5.56 Å². The summed E-state index contributed by atoms with van der Waals surface area (Å²) in [5, 5.41) is 3.44. The molecule has 0 bridgehead atoms. The predicted molar refractivity (Wildman–Crippen MR) is 138 cm³/mol. The van der Waals surface area contributed by atoms with Gasteiger partial charge in [0, 0.05) is 23.7 Å². The molecule has 36 heavy (non-hydrogen) atoms. The van der Waals surface area contributed by atoms with Gasteiger partial charge in [-0.1, -0.05) is 37.6 Å². The van der Waals surface area contributed by atoms with Gasteiger partial charge in [0.25, 0.3) is 5.91 Å². The predicted octanol–water partition coefficient (Wildman–Crippen LogP) is 4.28. The summed E-state index contributed by atoms with van der Waals surface area (Å²) >= 11 is 5.85. The fraction of sp³-hybridized carbons (Fsp3) is 0.444. The lowest BCUT2D eigenvalue weighted by Gasteiger charge is -2.28. The van der Waals surface area contributed by atoms with Crippen LogP contribution in [0.1, 0.15) is 56.5 Å². The quantitative estimate of drug-likeness (QED) is 0.300. The van der Waals surface area contributed by atoms with Crippen LogP contribution in [0.25, 0.3) is 0 Å². The maximum absolute atomic E-state index is 12.5. The highest BCUT2D eigenvalue weighted by Gasteiger charge is 2.36. The molecule has 196 valence electrons. The third-order valence-electron chi connectivity index (χ3n) is 6.15. The van der Waals surface area contributed by atoms with E-state index in [1.807, 2.05) is 26.0 Å². The number of carbonyl (C=O) groups excluding carboxylic acids is 3. The molecule has 2 aromatic rings. The van der Waals surface area contributed by atoms with Crippen molar-refractivity contribution in [1.82, 2.24) is 5.32 Å². The van der Waals surface area contributed by atoms with Gasteiger partial charge < -0.3 is 25.3 Å². The zero-order valence-electron chi connectivity index (χ0n) is 21.3. The molecule has 0 saturated heterocycles. The maximum Gasteiger partial charge on any atom is 0.352 e. The van der Waals surface area contributed by atoms with E-state index in [2.05, 4.69) is 5.32 Å². The SMILES string of the molecule is CCC(CC)(CN)C(=O)OCOC(=O)C(C)(C)Oc1ccc(CCNC(=O)c2ccc(Cl)cc2)cc1. The number of hydrogen-bond donors (Lipinski definition) is 2. The monoisotopic (exact) mass is 518 g/mol. The highest BCUT2D eigenvalue weighted by Crippen LogP contribution is 2.27. The summed E-state index contributed by atoms with van der Waals surface area (Å²) in [6.07, 6.45) is 1.69. The second-order valence-corrected chi connectivity index (χ2v) is 9.38. The van der Waals surface area contributed by atoms with E-state index in [1.165, 1.54) is 0 Å². The molecule has 0 aliphatic carbocycles. The zero-order valence-corrected chi connectivity index (χ0v) is 22.0. The van der Waals surface area contributed by atoms with Gasteiger partial charge in [-0.3, -0.25) is 9.59 Å². The van der Waals surface area contributed by atoms with Crippen molar-refractivity contribution in [1.29, 1.82) is 0 Å². The molecule has 8 nitrogen and oxygen atoms in total. The van der Waals surface area contributed by atoms with Gasteiger partial charge in [0.2, 0.25) is 6.79 Å². The van der Waals surface area contributed by atoms with Gasteiger partial charge in [-0.2, -0.15) is 0 Å². The van der Waals surface area contributed by atoms with Crippen LogP contribution in [0, 0.1) is 5.41 Å². The Morgan fingerprint density at radius 1 is 0.917 bits per heavy atom. The Hall–Kier alpha value is -3.10. The Kier molecular flexibility index (Phi) is 10.7. The molecule has 2 aromatic carbocycles. The molecule has 0 fully saturated rings. The Labute approximate surface area is 217 Å². The normalized spacial score (nSPS) is 11.5. The molecule has 1 amide bonds. The number of carbonyl (C=O) groups is 3. The van der Waals surface area contributed by atoms with Gasteiger partial charge in [-0.25, -0.2) is 4.79 Å². The van der Waals surface area contributed by atoms with E-state index < -0.39 is 29.7 Å². The first-order valence-corrected chi connectivity index (χ1v) is 12.3. The van der Waals surface area contributed by atoms with E-state index >= 15 is 0 Å². The molecular weight excluding hydrogens is 484 g/mol. The molecule has 0 aliphatic heterocycles. The van der Waals surface area contributed by atoms with Gasteiger partial charge in [0.15, 0.2) is 5.60 Å². The molecule has 0 unspecified atom stereocenters. The average Bonchev–Trinajstić information content (AvgIpc) is 2.86. The van der Waals surface area contributed by atoms with Crippen molar-refractivity contribution in [2.45, 2.75) is 52.6 Å². The summed E-state index contributed by atoms with van der Waals surface area (Å²) in [6.45, 7) is 6.98. The van der Waals surface area contributed by atoms with Crippen molar-refractivity contribution in [3.63, 3.8) is 0 Å². The number of benzene rings is 2. The van der Waals surface area contributed by atoms with Crippen molar-refractivity contribution in [2.24, 2.45) is 11.1 Å². The Morgan fingerprint density at radius 3 is 2.06 bits per heavy atom. The van der Waals surface area contributed by atoms with Crippen LogP contribution in [0.5, 0.6) is 5.75 Å². The lowest BCUT2D eigenvalue weighted by Crippen LogP contribution is -2.42. The van der Waals surface area contributed by atoms with Gasteiger partial charge in [-0.05, 0) is 75.1 Å². The number of hydrogen-bond acceptors (Lipinski definition) is 7. The third-order valence-corrected chi connectivity index (χ3v) is 6.40. The first-order chi connectivity index (χ1) is 17.1. The number of halogens is 1. The van der Waals surface area contributed by atoms with Crippen LogP contribution in [-0.4, -0.2) is 43.3 Å². The van der Waals surface area contributed by atoms with E-state index in [1.54, 1.807) is 50.2 Å².